The summed E-state index contributed by atoms with van der Waals surface area (Å²) in [7, 11) is 1.62. The van der Waals surface area contributed by atoms with Crippen molar-refractivity contribution in [2.24, 2.45) is 0 Å². The molecule has 1 N–H and O–H groups in total. The molecule has 1 heterocycles. The number of aromatic nitrogens is 1. The van der Waals surface area contributed by atoms with E-state index in [0.29, 0.717) is 5.69 Å². The van der Waals surface area contributed by atoms with Gasteiger partial charge in [-0.05, 0) is 43.3 Å². The van der Waals surface area contributed by atoms with Gasteiger partial charge in [0, 0.05) is 11.1 Å². The fourth-order valence-electron chi connectivity index (χ4n) is 2.19. The van der Waals surface area contributed by atoms with Crippen molar-refractivity contribution in [3.8, 4) is 5.75 Å². The van der Waals surface area contributed by atoms with Crippen molar-refractivity contribution in [2.75, 3.05) is 12.4 Å². The molecule has 4 nitrogen and oxygen atoms in total. The summed E-state index contributed by atoms with van der Waals surface area (Å²) in [5, 5.41) is 3.78. The Hall–Kier alpha value is -2.88. The number of rotatable bonds is 3. The summed E-state index contributed by atoms with van der Waals surface area (Å²) in [6, 6.07) is 16.8. The summed E-state index contributed by atoms with van der Waals surface area (Å²) >= 11 is 0. The van der Waals surface area contributed by atoms with Crippen LogP contribution in [-0.4, -0.2) is 18.0 Å². The first-order chi connectivity index (χ1) is 10.7. The van der Waals surface area contributed by atoms with Crippen LogP contribution in [0.5, 0.6) is 5.75 Å². The molecule has 0 aliphatic heterocycles. The fourth-order valence-corrected chi connectivity index (χ4v) is 2.19. The number of carbonyl (C=O) groups is 1. The molecule has 22 heavy (non-hydrogen) atoms. The highest BCUT2D eigenvalue weighted by atomic mass is 16.5. The first-order valence-electron chi connectivity index (χ1n) is 6.98. The van der Waals surface area contributed by atoms with E-state index in [-0.39, 0.29) is 5.91 Å². The smallest absolute Gasteiger partial charge is 0.274 e. The van der Waals surface area contributed by atoms with E-state index in [1.54, 1.807) is 13.2 Å². The number of hydrogen-bond acceptors (Lipinski definition) is 3. The summed E-state index contributed by atoms with van der Waals surface area (Å²) in [5.41, 5.74) is 3.05. The van der Waals surface area contributed by atoms with Crippen LogP contribution in [0.15, 0.2) is 54.6 Å². The van der Waals surface area contributed by atoms with Crippen LogP contribution in [0, 0.1) is 6.92 Å². The summed E-state index contributed by atoms with van der Waals surface area (Å²) in [4.78, 5) is 16.7. The molecule has 110 valence electrons. The van der Waals surface area contributed by atoms with E-state index in [1.807, 2.05) is 55.5 Å². The van der Waals surface area contributed by atoms with Crippen molar-refractivity contribution >= 4 is 22.5 Å². The third-order valence-electron chi connectivity index (χ3n) is 3.44. The SMILES string of the molecule is COc1ccc2nc(C(=O)Nc3ccc(C)cc3)ccc2c1. The number of amides is 1. The Morgan fingerprint density at radius 2 is 1.82 bits per heavy atom. The molecule has 4 heteroatoms. The molecule has 0 radical (unpaired) electrons. The molecule has 0 atom stereocenters. The highest BCUT2D eigenvalue weighted by Gasteiger charge is 2.09. The van der Waals surface area contributed by atoms with Crippen LogP contribution in [0.3, 0.4) is 0 Å². The van der Waals surface area contributed by atoms with Gasteiger partial charge in [-0.1, -0.05) is 23.8 Å². The van der Waals surface area contributed by atoms with Gasteiger partial charge in [-0.25, -0.2) is 4.98 Å². The minimum absolute atomic E-state index is 0.221. The van der Waals surface area contributed by atoms with Crippen molar-refractivity contribution in [3.63, 3.8) is 0 Å². The predicted octanol–water partition coefficient (Wildman–Crippen LogP) is 3.80. The summed E-state index contributed by atoms with van der Waals surface area (Å²) < 4.78 is 5.18. The first-order valence-corrected chi connectivity index (χ1v) is 6.98. The molecule has 0 spiro atoms. The number of nitrogens with zero attached hydrogens (tertiary/aromatic N) is 1. The van der Waals surface area contributed by atoms with Gasteiger partial charge in [0.1, 0.15) is 11.4 Å². The van der Waals surface area contributed by atoms with E-state index < -0.39 is 0 Å². The number of ether oxygens (including phenoxy) is 1. The Kier molecular flexibility index (Phi) is 3.74. The lowest BCUT2D eigenvalue weighted by Crippen LogP contribution is -2.13. The van der Waals surface area contributed by atoms with E-state index >= 15 is 0 Å². The van der Waals surface area contributed by atoms with Crippen LogP contribution in [0.25, 0.3) is 10.9 Å². The number of benzene rings is 2. The highest BCUT2D eigenvalue weighted by Crippen LogP contribution is 2.20. The normalized spacial score (nSPS) is 10.5. The maximum absolute atomic E-state index is 12.3. The third kappa shape index (κ3) is 2.91. The van der Waals surface area contributed by atoms with Gasteiger partial charge in [0.15, 0.2) is 0 Å². The molecule has 3 aromatic rings. The van der Waals surface area contributed by atoms with Crippen molar-refractivity contribution in [1.82, 2.24) is 4.98 Å². The van der Waals surface area contributed by atoms with Crippen LogP contribution < -0.4 is 10.1 Å². The van der Waals surface area contributed by atoms with Gasteiger partial charge in [-0.2, -0.15) is 0 Å². The van der Waals surface area contributed by atoms with Crippen LogP contribution in [0.4, 0.5) is 5.69 Å². The van der Waals surface area contributed by atoms with E-state index in [2.05, 4.69) is 10.3 Å². The standard InChI is InChI=1S/C18H16N2O2/c1-12-3-6-14(7-4-12)19-18(21)17-9-5-13-11-15(22-2)8-10-16(13)20-17/h3-11H,1-2H3,(H,19,21). The van der Waals surface area contributed by atoms with E-state index in [4.69, 9.17) is 4.74 Å². The number of nitrogens with one attached hydrogen (secondary N) is 1. The molecule has 0 saturated carbocycles. The molecule has 0 saturated heterocycles. The van der Waals surface area contributed by atoms with Crippen molar-refractivity contribution in [2.45, 2.75) is 6.92 Å². The highest BCUT2D eigenvalue weighted by molar-refractivity contribution is 6.04. The zero-order valence-corrected chi connectivity index (χ0v) is 12.5. The topological polar surface area (TPSA) is 51.2 Å². The van der Waals surface area contributed by atoms with Gasteiger partial charge in [0.2, 0.25) is 0 Å². The molecule has 1 aromatic heterocycles. The molecule has 0 unspecified atom stereocenters. The van der Waals surface area contributed by atoms with Gasteiger partial charge >= 0.3 is 0 Å². The molecule has 0 bridgehead atoms. The zero-order chi connectivity index (χ0) is 15.5. The minimum atomic E-state index is -0.221. The molecule has 2 aromatic carbocycles. The van der Waals surface area contributed by atoms with Gasteiger partial charge in [0.05, 0.1) is 12.6 Å². The minimum Gasteiger partial charge on any atom is -0.497 e. The Bertz CT molecular complexity index is 826. The maximum atomic E-state index is 12.3. The molecule has 1 amide bonds. The zero-order valence-electron chi connectivity index (χ0n) is 12.5. The molecular formula is C18H16N2O2. The van der Waals surface area contributed by atoms with Crippen molar-refractivity contribution in [3.05, 3.63) is 65.9 Å². The summed E-state index contributed by atoms with van der Waals surface area (Å²) in [6.45, 7) is 2.00. The second-order valence-electron chi connectivity index (χ2n) is 5.08. The lowest BCUT2D eigenvalue weighted by molar-refractivity contribution is 0.102. The largest absolute Gasteiger partial charge is 0.497 e. The number of carbonyl (C=O) groups excluding carboxylic acids is 1. The Morgan fingerprint density at radius 1 is 1.05 bits per heavy atom. The molecule has 0 fully saturated rings. The molecule has 3 rings (SSSR count). The van der Waals surface area contributed by atoms with Crippen LogP contribution in [0.1, 0.15) is 16.1 Å². The number of aryl methyl sites for hydroxylation is 1. The summed E-state index contributed by atoms with van der Waals surface area (Å²) in [6.07, 6.45) is 0. The third-order valence-corrected chi connectivity index (χ3v) is 3.44. The molecule has 0 aliphatic carbocycles. The van der Waals surface area contributed by atoms with Gasteiger partial charge in [0.25, 0.3) is 5.91 Å². The van der Waals surface area contributed by atoms with Crippen LogP contribution in [-0.2, 0) is 0 Å². The summed E-state index contributed by atoms with van der Waals surface area (Å²) in [5.74, 6) is 0.549. The van der Waals surface area contributed by atoms with Crippen molar-refractivity contribution in [1.29, 1.82) is 0 Å². The lowest BCUT2D eigenvalue weighted by atomic mass is 10.2. The average molecular weight is 292 g/mol. The van der Waals surface area contributed by atoms with Crippen LogP contribution in [0.2, 0.25) is 0 Å². The van der Waals surface area contributed by atoms with E-state index in [0.717, 1.165) is 27.9 Å². The number of fused-ring (bicyclic) bond motifs is 1. The Balaban J connectivity index is 1.86. The number of hydrogen-bond donors (Lipinski definition) is 1. The maximum Gasteiger partial charge on any atom is 0.274 e. The monoisotopic (exact) mass is 292 g/mol. The van der Waals surface area contributed by atoms with E-state index in [1.165, 1.54) is 0 Å². The predicted molar refractivity (Wildman–Crippen MR) is 87.4 cm³/mol. The Morgan fingerprint density at radius 3 is 2.55 bits per heavy atom. The quantitative estimate of drug-likeness (QED) is 0.798. The fraction of sp³-hybridized carbons (Fsp3) is 0.111. The number of pyridine rings is 1. The van der Waals surface area contributed by atoms with E-state index in [9.17, 15) is 4.79 Å². The number of methoxy groups -OCH3 is 1. The second-order valence-corrected chi connectivity index (χ2v) is 5.08. The average Bonchev–Trinajstić information content (AvgIpc) is 2.56. The van der Waals surface area contributed by atoms with Gasteiger partial charge < -0.3 is 10.1 Å². The van der Waals surface area contributed by atoms with Crippen LogP contribution >= 0.6 is 0 Å². The second kappa shape index (κ2) is 5.85. The molecule has 0 aliphatic rings. The van der Waals surface area contributed by atoms with Gasteiger partial charge in [-0.3, -0.25) is 4.79 Å². The van der Waals surface area contributed by atoms with Crippen molar-refractivity contribution < 1.29 is 9.53 Å². The lowest BCUT2D eigenvalue weighted by Gasteiger charge is -2.07. The first kappa shape index (κ1) is 14.1. The molecular weight excluding hydrogens is 276 g/mol. The Labute approximate surface area is 128 Å². The van der Waals surface area contributed by atoms with Gasteiger partial charge in [-0.15, -0.1) is 0 Å². The number of anilines is 1.